The Morgan fingerprint density at radius 2 is 1.81 bits per heavy atom. The van der Waals surface area contributed by atoms with Gasteiger partial charge in [-0.2, -0.15) is 4.31 Å². The van der Waals surface area contributed by atoms with Gasteiger partial charge < -0.3 is 5.11 Å². The second-order valence-corrected chi connectivity index (χ2v) is 12.5. The molecule has 5 rings (SSSR count). The predicted molar refractivity (Wildman–Crippen MR) is 114 cm³/mol. The molecule has 4 fully saturated rings. The summed E-state index contributed by atoms with van der Waals surface area (Å²) in [4.78, 5) is 23.7. The van der Waals surface area contributed by atoms with E-state index in [0.29, 0.717) is 18.3 Å². The minimum Gasteiger partial charge on any atom is -0.390 e. The van der Waals surface area contributed by atoms with E-state index in [2.05, 4.69) is 0 Å². The first-order chi connectivity index (χ1) is 14.3. The standard InChI is InChI=1S/C22H30N2O6S/c1-20(2,23(3)31(29,30)18-7-5-4-6-17(18)24(27)28)19(25)13-21-9-15-8-16(10-21)12-22(26,11-15)14-21/h4-7,15-16,26H,8-14H2,1-3H3. The van der Waals surface area contributed by atoms with Gasteiger partial charge in [0.15, 0.2) is 10.7 Å². The van der Waals surface area contributed by atoms with Gasteiger partial charge in [0.1, 0.15) is 0 Å². The topological polar surface area (TPSA) is 118 Å². The van der Waals surface area contributed by atoms with Crippen LogP contribution in [0, 0.1) is 27.4 Å². The van der Waals surface area contributed by atoms with Crippen molar-refractivity contribution in [3.63, 3.8) is 0 Å². The van der Waals surface area contributed by atoms with Crippen LogP contribution in [-0.4, -0.2) is 46.7 Å². The van der Waals surface area contributed by atoms with Gasteiger partial charge in [-0.1, -0.05) is 12.1 Å². The van der Waals surface area contributed by atoms with Crippen molar-refractivity contribution in [3.05, 3.63) is 34.4 Å². The van der Waals surface area contributed by atoms with Crippen molar-refractivity contribution < 1.29 is 23.2 Å². The maximum atomic E-state index is 13.5. The minimum absolute atomic E-state index is 0.214. The van der Waals surface area contributed by atoms with Crippen LogP contribution in [0.3, 0.4) is 0 Å². The van der Waals surface area contributed by atoms with Gasteiger partial charge >= 0.3 is 0 Å². The Morgan fingerprint density at radius 1 is 1.23 bits per heavy atom. The van der Waals surface area contributed by atoms with Crippen molar-refractivity contribution in [3.8, 4) is 0 Å². The van der Waals surface area contributed by atoms with Crippen LogP contribution in [0.1, 0.15) is 58.8 Å². The van der Waals surface area contributed by atoms with Crippen LogP contribution in [-0.2, 0) is 14.8 Å². The Morgan fingerprint density at radius 3 is 2.35 bits per heavy atom. The number of hydrogen-bond donors (Lipinski definition) is 1. The van der Waals surface area contributed by atoms with Crippen LogP contribution in [0.25, 0.3) is 0 Å². The summed E-state index contributed by atoms with van der Waals surface area (Å²) in [6.45, 7) is 3.10. The van der Waals surface area contributed by atoms with Crippen LogP contribution < -0.4 is 0 Å². The molecule has 31 heavy (non-hydrogen) atoms. The summed E-state index contributed by atoms with van der Waals surface area (Å²) in [6.07, 6.45) is 5.31. The highest BCUT2D eigenvalue weighted by molar-refractivity contribution is 7.89. The van der Waals surface area contributed by atoms with Gasteiger partial charge in [-0.3, -0.25) is 14.9 Å². The van der Waals surface area contributed by atoms with Gasteiger partial charge in [0.2, 0.25) is 0 Å². The summed E-state index contributed by atoms with van der Waals surface area (Å²) < 4.78 is 27.5. The van der Waals surface area contributed by atoms with Crippen molar-refractivity contribution in [2.24, 2.45) is 17.3 Å². The van der Waals surface area contributed by atoms with E-state index in [-0.39, 0.29) is 17.6 Å². The van der Waals surface area contributed by atoms with E-state index < -0.39 is 36.7 Å². The van der Waals surface area contributed by atoms with Crippen molar-refractivity contribution in [1.29, 1.82) is 0 Å². The molecular formula is C22H30N2O6S. The Kier molecular flexibility index (Phi) is 5.11. The summed E-state index contributed by atoms with van der Waals surface area (Å²) in [7, 11) is -2.97. The summed E-state index contributed by atoms with van der Waals surface area (Å²) >= 11 is 0. The molecular weight excluding hydrogens is 420 g/mol. The normalized spacial score (nSPS) is 32.4. The summed E-state index contributed by atoms with van der Waals surface area (Å²) in [5.74, 6) is 0.633. The highest BCUT2D eigenvalue weighted by Crippen LogP contribution is 2.63. The van der Waals surface area contributed by atoms with Crippen LogP contribution in [0.2, 0.25) is 0 Å². The first-order valence-corrected chi connectivity index (χ1v) is 12.2. The molecule has 0 saturated heterocycles. The molecule has 1 aromatic rings. The molecule has 8 nitrogen and oxygen atoms in total. The maximum absolute atomic E-state index is 13.5. The lowest BCUT2D eigenvalue weighted by atomic mass is 9.46. The quantitative estimate of drug-likeness (QED) is 0.503. The molecule has 0 radical (unpaired) electrons. The molecule has 170 valence electrons. The number of nitro benzene ring substituents is 1. The molecule has 4 saturated carbocycles. The van der Waals surface area contributed by atoms with Gasteiger partial charge in [-0.05, 0) is 75.7 Å². The second kappa shape index (κ2) is 7.08. The molecule has 4 aliphatic carbocycles. The second-order valence-electron chi connectivity index (χ2n) is 10.5. The Labute approximate surface area is 182 Å². The largest absolute Gasteiger partial charge is 0.390 e. The van der Waals surface area contributed by atoms with Crippen LogP contribution in [0.15, 0.2) is 29.2 Å². The molecule has 4 bridgehead atoms. The van der Waals surface area contributed by atoms with Crippen LogP contribution in [0.4, 0.5) is 5.69 Å². The molecule has 2 atom stereocenters. The number of sulfonamides is 1. The Bertz CT molecular complexity index is 1020. The smallest absolute Gasteiger partial charge is 0.289 e. The lowest BCUT2D eigenvalue weighted by Crippen LogP contribution is -2.58. The van der Waals surface area contributed by atoms with Gasteiger partial charge in [-0.25, -0.2) is 8.42 Å². The number of likely N-dealkylation sites (N-methyl/N-ethyl adjacent to an activating group) is 1. The zero-order valence-corrected chi connectivity index (χ0v) is 19.0. The predicted octanol–water partition coefficient (Wildman–Crippen LogP) is 3.28. The number of nitro groups is 1. The molecule has 0 spiro atoms. The van der Waals surface area contributed by atoms with Crippen LogP contribution in [0.5, 0.6) is 0 Å². The SMILES string of the molecule is CN(C(C)(C)C(=O)CC12CC3CC(CC(O)(C3)C1)C2)S(=O)(=O)c1ccccc1[N+](=O)[O-]. The third kappa shape index (κ3) is 3.70. The summed E-state index contributed by atoms with van der Waals surface area (Å²) in [6, 6.07) is 5.18. The van der Waals surface area contributed by atoms with Gasteiger partial charge in [0.25, 0.3) is 15.7 Å². The zero-order valence-electron chi connectivity index (χ0n) is 18.2. The van der Waals surface area contributed by atoms with Crippen molar-refractivity contribution in [2.45, 2.75) is 74.8 Å². The van der Waals surface area contributed by atoms with E-state index in [1.165, 1.54) is 25.2 Å². The number of Topliss-reactive ketones (excluding diaryl/α,β-unsaturated/α-hetero) is 1. The number of hydrogen-bond acceptors (Lipinski definition) is 6. The monoisotopic (exact) mass is 450 g/mol. The number of nitrogens with zero attached hydrogens (tertiary/aromatic N) is 2. The number of ketones is 1. The number of rotatable bonds is 7. The summed E-state index contributed by atoms with van der Waals surface area (Å²) in [5.41, 5.74) is -2.87. The van der Waals surface area contributed by atoms with E-state index >= 15 is 0 Å². The molecule has 0 amide bonds. The maximum Gasteiger partial charge on any atom is 0.289 e. The Hall–Kier alpha value is -1.84. The lowest BCUT2D eigenvalue weighted by molar-refractivity contribution is -0.387. The molecule has 0 heterocycles. The van der Waals surface area contributed by atoms with Gasteiger partial charge in [0.05, 0.1) is 16.1 Å². The number of para-hydroxylation sites is 1. The Balaban J connectivity index is 1.60. The average molecular weight is 451 g/mol. The van der Waals surface area contributed by atoms with Gasteiger partial charge in [0, 0.05) is 19.5 Å². The van der Waals surface area contributed by atoms with Crippen LogP contribution >= 0.6 is 0 Å². The van der Waals surface area contributed by atoms with Crippen molar-refractivity contribution in [1.82, 2.24) is 4.31 Å². The third-order valence-electron chi connectivity index (χ3n) is 7.86. The fraction of sp³-hybridized carbons (Fsp3) is 0.682. The molecule has 1 N–H and O–H groups in total. The number of carbonyl (C=O) groups excluding carboxylic acids is 1. The fourth-order valence-corrected chi connectivity index (χ4v) is 8.27. The first kappa shape index (κ1) is 22.4. The highest BCUT2D eigenvalue weighted by Gasteiger charge is 2.58. The zero-order chi connectivity index (χ0) is 22.8. The number of aliphatic hydroxyl groups is 1. The lowest BCUT2D eigenvalue weighted by Gasteiger charge is -2.60. The fourth-order valence-electron chi connectivity index (χ4n) is 6.62. The average Bonchev–Trinajstić information content (AvgIpc) is 2.64. The third-order valence-corrected chi connectivity index (χ3v) is 9.94. The van der Waals surface area contributed by atoms with E-state index in [1.54, 1.807) is 13.8 Å². The number of benzene rings is 1. The number of carbonyl (C=O) groups is 1. The van der Waals surface area contributed by atoms with E-state index in [1.807, 2.05) is 0 Å². The molecule has 4 aliphatic rings. The minimum atomic E-state index is -4.27. The molecule has 9 heteroatoms. The van der Waals surface area contributed by atoms with Gasteiger partial charge in [-0.15, -0.1) is 0 Å². The molecule has 0 aliphatic heterocycles. The van der Waals surface area contributed by atoms with E-state index in [9.17, 15) is 28.4 Å². The van der Waals surface area contributed by atoms with E-state index in [0.717, 1.165) is 42.5 Å². The highest BCUT2D eigenvalue weighted by atomic mass is 32.2. The molecule has 2 unspecified atom stereocenters. The summed E-state index contributed by atoms with van der Waals surface area (Å²) in [5, 5.41) is 22.3. The van der Waals surface area contributed by atoms with Crippen molar-refractivity contribution in [2.75, 3.05) is 7.05 Å². The van der Waals surface area contributed by atoms with E-state index in [4.69, 9.17) is 0 Å². The molecule has 1 aromatic carbocycles. The molecule has 0 aromatic heterocycles. The first-order valence-electron chi connectivity index (χ1n) is 10.8. The van der Waals surface area contributed by atoms with Crippen molar-refractivity contribution >= 4 is 21.5 Å².